The maximum atomic E-state index is 6.24. The van der Waals surface area contributed by atoms with Crippen LogP contribution in [0.25, 0.3) is 0 Å². The van der Waals surface area contributed by atoms with Gasteiger partial charge in [0.05, 0.1) is 19.4 Å². The maximum absolute atomic E-state index is 6.24. The lowest BCUT2D eigenvalue weighted by molar-refractivity contribution is 0.0334. The molecule has 23 nitrogen and oxygen atoms in total. The van der Waals surface area contributed by atoms with E-state index >= 15 is 0 Å². The Bertz CT molecular complexity index is 798. The molecule has 0 bridgehead atoms. The van der Waals surface area contributed by atoms with Crippen molar-refractivity contribution in [2.24, 2.45) is 95.9 Å². The molecule has 23 heteroatoms. The Labute approximate surface area is 158 Å². The molecule has 0 aliphatic rings. The van der Waals surface area contributed by atoms with Gasteiger partial charge in [0.15, 0.2) is 0 Å². The highest BCUT2D eigenvalue weighted by molar-refractivity contribution is 4.88. The van der Waals surface area contributed by atoms with Crippen LogP contribution < -0.4 is 0 Å². The largest absolute Gasteiger partial charge is 0.376 e. The molecule has 0 aliphatic carbocycles. The molecular formula is C6H11N21O2. The van der Waals surface area contributed by atoms with Crippen molar-refractivity contribution in [1.29, 1.82) is 5.53 Å². The molecule has 0 aromatic carbocycles. The zero-order valence-corrected chi connectivity index (χ0v) is 14.5. The molecule has 0 aliphatic heterocycles. The van der Waals surface area contributed by atoms with Crippen LogP contribution >= 0.6 is 0 Å². The van der Waals surface area contributed by atoms with Gasteiger partial charge in [-0.3, -0.25) is 4.68 Å². The topological polar surface area (TPSA) is 283 Å². The quantitative estimate of drug-likeness (QED) is 0.274. The number of nitrogens with zero attached hydrogens (tertiary/aromatic N) is 20. The van der Waals surface area contributed by atoms with Crippen molar-refractivity contribution in [3.63, 3.8) is 0 Å². The maximum Gasteiger partial charge on any atom is 0.142 e. The molecule has 1 heterocycles. The first-order valence-electron chi connectivity index (χ1n) is 6.94. The van der Waals surface area contributed by atoms with Crippen molar-refractivity contribution in [3.8, 4) is 0 Å². The van der Waals surface area contributed by atoms with Crippen LogP contribution in [0, 0.1) is 5.53 Å². The highest BCUT2D eigenvalue weighted by atomic mass is 16.7. The molecule has 1 N–H and O–H groups in total. The lowest BCUT2D eigenvalue weighted by atomic mass is 10.5. The Morgan fingerprint density at radius 3 is 1.79 bits per heavy atom. The summed E-state index contributed by atoms with van der Waals surface area (Å²) in [6.07, 6.45) is 1.73. The van der Waals surface area contributed by atoms with E-state index in [-0.39, 0.29) is 13.2 Å². The van der Waals surface area contributed by atoms with E-state index in [1.807, 2.05) is 0 Å². The predicted octanol–water partition coefficient (Wildman–Crippen LogP) is 3.23. The van der Waals surface area contributed by atoms with Crippen LogP contribution in [-0.2, 0) is 23.2 Å². The van der Waals surface area contributed by atoms with Crippen LogP contribution in [0.4, 0.5) is 0 Å². The molecule has 0 spiro atoms. The zero-order valence-electron chi connectivity index (χ0n) is 14.5. The third kappa shape index (κ3) is 14.2. The minimum absolute atomic E-state index is 0.143. The average molecular weight is 409 g/mol. The normalized spacial score (nSPS) is 13.3. The van der Waals surface area contributed by atoms with Gasteiger partial charge in [-0.05, 0) is 41.8 Å². The second-order valence-electron chi connectivity index (χ2n) is 3.79. The Kier molecular flexibility index (Phi) is 12.9. The highest BCUT2D eigenvalue weighted by Crippen LogP contribution is 1.94. The van der Waals surface area contributed by atoms with Gasteiger partial charge in [-0.1, -0.05) is 5.21 Å². The molecule has 1 aromatic heterocycles. The minimum atomic E-state index is 0.143. The summed E-state index contributed by atoms with van der Waals surface area (Å²) in [5, 5.41) is 58.5. The molecule has 0 radical (unpaired) electrons. The van der Waals surface area contributed by atoms with Gasteiger partial charge in [-0.15, -0.1) is 5.10 Å². The van der Waals surface area contributed by atoms with Crippen LogP contribution in [0.5, 0.6) is 0 Å². The molecule has 152 valence electrons. The van der Waals surface area contributed by atoms with E-state index in [0.717, 1.165) is 0 Å². The number of ether oxygens (including phenoxy) is 1. The van der Waals surface area contributed by atoms with Crippen LogP contribution in [0.2, 0.25) is 0 Å². The van der Waals surface area contributed by atoms with Crippen LogP contribution in [-0.4, -0.2) is 28.2 Å². The summed E-state index contributed by atoms with van der Waals surface area (Å²) >= 11 is 0. The zero-order chi connectivity index (χ0) is 20.8. The number of rotatable bonds is 14. The van der Waals surface area contributed by atoms with Gasteiger partial charge in [0, 0.05) is 54.1 Å². The van der Waals surface area contributed by atoms with E-state index in [0.29, 0.717) is 12.3 Å². The molecule has 0 atom stereocenters. The summed E-state index contributed by atoms with van der Waals surface area (Å²) < 4.78 is 6.82. The van der Waals surface area contributed by atoms with Crippen molar-refractivity contribution in [3.05, 3.63) is 11.9 Å². The summed E-state index contributed by atoms with van der Waals surface area (Å²) in [5.74, 6) is 0. The Hall–Kier alpha value is -4.70. The molecule has 29 heavy (non-hydrogen) atoms. The number of hydrogen-bond acceptors (Lipinski definition) is 6. The molecular weight excluding hydrogens is 398 g/mol. The number of aryl methyl sites for hydroxylation is 1. The third-order valence-corrected chi connectivity index (χ3v) is 1.92. The first-order valence-corrected chi connectivity index (χ1v) is 6.94. The summed E-state index contributed by atoms with van der Waals surface area (Å²) in [6.45, 7) is 0.703. The summed E-state index contributed by atoms with van der Waals surface area (Å²) in [5.41, 5.74) is 6.93. The van der Waals surface area contributed by atoms with Crippen LogP contribution in [0.1, 0.15) is 5.69 Å². The smallest absolute Gasteiger partial charge is 0.142 e. The van der Waals surface area contributed by atoms with Crippen molar-refractivity contribution >= 4 is 0 Å². The minimum Gasteiger partial charge on any atom is -0.376 e. The number of nitrogens with one attached hydrogen (secondary N) is 1. The average Bonchev–Trinajstić information content (AvgIpc) is 3.14. The molecule has 0 unspecified atom stereocenters. The van der Waals surface area contributed by atoms with E-state index in [1.165, 1.54) is 0 Å². The number of hydrogen-bond donors (Lipinski definition) is 1. The van der Waals surface area contributed by atoms with Crippen LogP contribution in [0.3, 0.4) is 0 Å². The monoisotopic (exact) mass is 409 g/mol. The first-order chi connectivity index (χ1) is 14.3. The SMILES string of the molecule is Cn1cc(COCCO\N=N/N=N/N=N/N=N/N=N/N=N/N=N/N=N/N=N)nn1. The third-order valence-electron chi connectivity index (χ3n) is 1.92. The van der Waals surface area contributed by atoms with E-state index in [4.69, 9.17) is 15.1 Å². The predicted molar refractivity (Wildman–Crippen MR) is 80.6 cm³/mol. The second-order valence-corrected chi connectivity index (χ2v) is 3.79. The second kappa shape index (κ2) is 16.8. The lowest BCUT2D eigenvalue weighted by Gasteiger charge is -1.98. The Morgan fingerprint density at radius 2 is 1.31 bits per heavy atom. The van der Waals surface area contributed by atoms with E-state index in [1.54, 1.807) is 17.9 Å². The number of aromatic nitrogens is 3. The molecule has 0 saturated heterocycles. The van der Waals surface area contributed by atoms with Gasteiger partial charge in [0.1, 0.15) is 12.3 Å². The fraction of sp³-hybridized carbons (Fsp3) is 0.667. The molecule has 0 saturated carbocycles. The van der Waals surface area contributed by atoms with Crippen molar-refractivity contribution in [1.82, 2.24) is 15.0 Å². The van der Waals surface area contributed by atoms with Crippen LogP contribution in [0.15, 0.2) is 95.0 Å². The van der Waals surface area contributed by atoms with Gasteiger partial charge >= 0.3 is 0 Å². The first kappa shape index (κ1) is 22.3. The fourth-order valence-corrected chi connectivity index (χ4v) is 1.07. The van der Waals surface area contributed by atoms with E-state index in [2.05, 4.69) is 99.2 Å². The molecule has 1 rings (SSSR count). The molecule has 1 aromatic rings. The lowest BCUT2D eigenvalue weighted by Crippen LogP contribution is -2.01. The van der Waals surface area contributed by atoms with Gasteiger partial charge in [0.2, 0.25) is 0 Å². The van der Waals surface area contributed by atoms with Gasteiger partial charge in [-0.25, -0.2) is 0 Å². The molecule has 0 amide bonds. The van der Waals surface area contributed by atoms with Crippen molar-refractivity contribution < 1.29 is 9.57 Å². The van der Waals surface area contributed by atoms with Gasteiger partial charge < -0.3 is 9.57 Å². The summed E-state index contributed by atoms with van der Waals surface area (Å²) in [7, 11) is 1.75. The Morgan fingerprint density at radius 1 is 0.793 bits per heavy atom. The van der Waals surface area contributed by atoms with Gasteiger partial charge in [0.25, 0.3) is 0 Å². The van der Waals surface area contributed by atoms with E-state index < -0.39 is 0 Å². The standard InChI is InChI=1S/C6H11N21O2/c1-27-4-6(8-25-27)5-28-2-3-29-26-24-23-22-21-20-19-18-17-16-15-14-13-12-11-10-9-7/h4,7H,2-3,5H2,1H3/b9-7?,11-10+,13-12+,15-14+,17-16+,19-18+,21-20+,23-22+,26-24-. The van der Waals surface area contributed by atoms with Crippen molar-refractivity contribution in [2.75, 3.05) is 13.2 Å². The Balaban J connectivity index is 2.02. The fourth-order valence-electron chi connectivity index (χ4n) is 1.07. The van der Waals surface area contributed by atoms with Gasteiger partial charge in [-0.2, -0.15) is 5.53 Å². The van der Waals surface area contributed by atoms with E-state index in [9.17, 15) is 0 Å². The summed E-state index contributed by atoms with van der Waals surface area (Å²) in [6, 6.07) is 0. The summed E-state index contributed by atoms with van der Waals surface area (Å²) in [4.78, 5) is 4.74. The molecule has 0 fully saturated rings. The van der Waals surface area contributed by atoms with Crippen molar-refractivity contribution in [2.45, 2.75) is 6.61 Å². The highest BCUT2D eigenvalue weighted by Gasteiger charge is 1.97.